The Balaban J connectivity index is 1.61. The Morgan fingerprint density at radius 3 is 2.67 bits per heavy atom. The van der Waals surface area contributed by atoms with E-state index < -0.39 is 12.1 Å². The van der Waals surface area contributed by atoms with Crippen molar-refractivity contribution < 1.29 is 14.3 Å². The Hall–Kier alpha value is -0.530. The average molecular weight is 406 g/mol. The third-order valence-electron chi connectivity index (χ3n) is 6.42. The van der Waals surface area contributed by atoms with Crippen molar-refractivity contribution >= 4 is 34.6 Å². The molecule has 1 saturated heterocycles. The first-order valence-corrected chi connectivity index (χ1v) is 9.15. The predicted octanol–water partition coefficient (Wildman–Crippen LogP) is 2.23. The fourth-order valence-corrected chi connectivity index (χ4v) is 5.06. The number of carbonyl (C=O) groups is 2. The van der Waals surface area contributed by atoms with Crippen LogP contribution in [0.25, 0.3) is 0 Å². The minimum atomic E-state index is -0.445. The lowest BCUT2D eigenvalue weighted by atomic mass is 9.70. The zero-order valence-electron chi connectivity index (χ0n) is 12.7. The Bertz CT molecular complexity index is 482. The lowest BCUT2D eigenvalue weighted by molar-refractivity contribution is -0.131. The van der Waals surface area contributed by atoms with Gasteiger partial charge in [-0.2, -0.15) is 0 Å². The minimum Gasteiger partial charge on any atom is -0.446 e. The summed E-state index contributed by atoms with van der Waals surface area (Å²) in [6, 6.07) is -0.411. The summed E-state index contributed by atoms with van der Waals surface area (Å²) in [6.07, 6.45) is 2.81. The molecule has 3 unspecified atom stereocenters. The second kappa shape index (κ2) is 4.99. The summed E-state index contributed by atoms with van der Waals surface area (Å²) in [5.74, 6) is 0.516. The van der Waals surface area contributed by atoms with Gasteiger partial charge in [0.15, 0.2) is 0 Å². The Kier molecular flexibility index (Phi) is 3.65. The summed E-state index contributed by atoms with van der Waals surface area (Å²) in [5, 5.41) is 5.49. The van der Waals surface area contributed by atoms with Crippen molar-refractivity contribution in [3.63, 3.8) is 0 Å². The zero-order chi connectivity index (χ0) is 15.4. The highest BCUT2D eigenvalue weighted by Gasteiger charge is 2.63. The van der Waals surface area contributed by atoms with Crippen molar-refractivity contribution in [3.8, 4) is 0 Å². The fourth-order valence-electron chi connectivity index (χ4n) is 4.33. The van der Waals surface area contributed by atoms with Crippen molar-refractivity contribution in [2.75, 3.05) is 4.43 Å². The molecular weight excluding hydrogens is 383 g/mol. The molecule has 3 aliphatic rings. The molecule has 0 radical (unpaired) electrons. The van der Waals surface area contributed by atoms with Crippen LogP contribution in [0, 0.1) is 16.7 Å². The van der Waals surface area contributed by atoms with E-state index in [4.69, 9.17) is 4.74 Å². The maximum Gasteiger partial charge on any atom is 0.408 e. The zero-order valence-corrected chi connectivity index (χ0v) is 14.9. The van der Waals surface area contributed by atoms with Crippen LogP contribution in [-0.4, -0.2) is 34.6 Å². The quantitative estimate of drug-likeness (QED) is 0.429. The van der Waals surface area contributed by atoms with Crippen molar-refractivity contribution in [2.45, 2.75) is 58.2 Å². The van der Waals surface area contributed by atoms with E-state index in [9.17, 15) is 9.59 Å². The molecular formula is C15H23IN2O3. The molecule has 2 aliphatic carbocycles. The maximum atomic E-state index is 12.1. The van der Waals surface area contributed by atoms with Crippen molar-refractivity contribution in [2.24, 2.45) is 16.7 Å². The minimum absolute atomic E-state index is 0.0257. The summed E-state index contributed by atoms with van der Waals surface area (Å²) >= 11 is 2.20. The second-order valence-corrected chi connectivity index (χ2v) is 8.28. The first-order chi connectivity index (χ1) is 9.79. The van der Waals surface area contributed by atoms with Crippen LogP contribution in [0.3, 0.4) is 0 Å². The molecule has 2 N–H and O–H groups in total. The van der Waals surface area contributed by atoms with E-state index in [0.717, 1.165) is 17.3 Å². The number of β-lactam (4-membered cyclic amide) rings is 1. The fraction of sp³-hybridized carbons (Fsp3) is 0.867. The Morgan fingerprint density at radius 2 is 2.19 bits per heavy atom. The van der Waals surface area contributed by atoms with E-state index in [2.05, 4.69) is 54.0 Å². The number of amides is 2. The number of ether oxygens (including phenoxy) is 1. The monoisotopic (exact) mass is 406 g/mol. The normalized spacial score (nSPS) is 43.1. The van der Waals surface area contributed by atoms with Crippen LogP contribution in [0.4, 0.5) is 4.79 Å². The Labute approximate surface area is 139 Å². The lowest BCUT2D eigenvalue weighted by Crippen LogP contribution is -2.70. The largest absolute Gasteiger partial charge is 0.446 e. The predicted molar refractivity (Wildman–Crippen MR) is 87.2 cm³/mol. The van der Waals surface area contributed by atoms with Gasteiger partial charge in [-0.25, -0.2) is 4.79 Å². The first-order valence-electron chi connectivity index (χ1n) is 7.63. The van der Waals surface area contributed by atoms with Crippen LogP contribution in [0.2, 0.25) is 0 Å². The van der Waals surface area contributed by atoms with Crippen LogP contribution < -0.4 is 10.6 Å². The summed E-state index contributed by atoms with van der Waals surface area (Å²) < 4.78 is 6.48. The molecule has 6 heteroatoms. The smallest absolute Gasteiger partial charge is 0.408 e. The average Bonchev–Trinajstić information content (AvgIpc) is 2.75. The third kappa shape index (κ3) is 2.16. The number of fused-ring (bicyclic) bond motifs is 2. The topological polar surface area (TPSA) is 67.4 Å². The number of nitrogens with one attached hydrogen (secondary N) is 2. The summed E-state index contributed by atoms with van der Waals surface area (Å²) in [5.41, 5.74) is 0.274. The third-order valence-corrected chi connectivity index (χ3v) is 7.36. The van der Waals surface area contributed by atoms with Crippen LogP contribution in [0.1, 0.15) is 40.0 Å². The van der Waals surface area contributed by atoms with Gasteiger partial charge in [0.1, 0.15) is 12.1 Å². The molecule has 21 heavy (non-hydrogen) atoms. The SMILES string of the molecule is CC1(C)C2CCC1(C)C(OC(=O)N[C@@H]1C(=O)N[C@@H]1CI)C2. The highest BCUT2D eigenvalue weighted by molar-refractivity contribution is 14.1. The molecule has 118 valence electrons. The van der Waals surface area contributed by atoms with Crippen LogP contribution in [0.5, 0.6) is 0 Å². The number of halogens is 1. The molecule has 0 spiro atoms. The lowest BCUT2D eigenvalue weighted by Gasteiger charge is -2.39. The highest BCUT2D eigenvalue weighted by atomic mass is 127. The van der Waals surface area contributed by atoms with E-state index in [1.54, 1.807) is 0 Å². The van der Waals surface area contributed by atoms with Gasteiger partial charge < -0.3 is 15.4 Å². The number of hydrogen-bond donors (Lipinski definition) is 2. The molecule has 5 atom stereocenters. The maximum absolute atomic E-state index is 12.1. The molecule has 0 aromatic heterocycles. The van der Waals surface area contributed by atoms with Gasteiger partial charge in [-0.3, -0.25) is 4.79 Å². The van der Waals surface area contributed by atoms with Gasteiger partial charge in [0, 0.05) is 9.84 Å². The second-order valence-electron chi connectivity index (χ2n) is 7.40. The number of alkyl halides is 1. The van der Waals surface area contributed by atoms with E-state index in [1.165, 1.54) is 6.42 Å². The number of hydrogen-bond acceptors (Lipinski definition) is 3. The summed E-state index contributed by atoms with van der Waals surface area (Å²) in [6.45, 7) is 6.82. The van der Waals surface area contributed by atoms with Gasteiger partial charge in [-0.15, -0.1) is 0 Å². The van der Waals surface area contributed by atoms with Gasteiger partial charge in [0.2, 0.25) is 5.91 Å². The van der Waals surface area contributed by atoms with Crippen LogP contribution in [-0.2, 0) is 9.53 Å². The molecule has 0 aromatic rings. The molecule has 1 heterocycles. The van der Waals surface area contributed by atoms with Gasteiger partial charge in [-0.05, 0) is 30.6 Å². The molecule has 5 nitrogen and oxygen atoms in total. The van der Waals surface area contributed by atoms with Crippen LogP contribution >= 0.6 is 22.6 Å². The standard InChI is InChI=1S/C15H23IN2O3/c1-14(2)8-4-5-15(14,3)10(6-8)21-13(20)18-11-9(7-16)17-12(11)19/h8-11H,4-7H2,1-3H3,(H,17,19)(H,18,20)/t8?,9-,10?,11+,15?/m1/s1. The highest BCUT2D eigenvalue weighted by Crippen LogP contribution is 2.66. The summed E-state index contributed by atoms with van der Waals surface area (Å²) in [7, 11) is 0. The van der Waals surface area contributed by atoms with Crippen molar-refractivity contribution in [3.05, 3.63) is 0 Å². The summed E-state index contributed by atoms with van der Waals surface area (Å²) in [4.78, 5) is 23.6. The molecule has 3 rings (SSSR count). The molecule has 2 amide bonds. The first kappa shape index (κ1) is 15.4. The number of carbonyl (C=O) groups excluding carboxylic acids is 2. The number of rotatable bonds is 3. The number of alkyl carbamates (subject to hydrolysis) is 1. The van der Waals surface area contributed by atoms with Gasteiger partial charge in [0.05, 0.1) is 6.04 Å². The van der Waals surface area contributed by atoms with Crippen molar-refractivity contribution in [1.82, 2.24) is 10.6 Å². The molecule has 3 fully saturated rings. The van der Waals surface area contributed by atoms with Gasteiger partial charge in [-0.1, -0.05) is 43.4 Å². The van der Waals surface area contributed by atoms with Crippen molar-refractivity contribution in [1.29, 1.82) is 0 Å². The molecule has 0 aromatic carbocycles. The van der Waals surface area contributed by atoms with E-state index in [1.807, 2.05) is 0 Å². The van der Waals surface area contributed by atoms with Gasteiger partial charge in [0.25, 0.3) is 0 Å². The van der Waals surface area contributed by atoms with Crippen LogP contribution in [0.15, 0.2) is 0 Å². The molecule has 1 aliphatic heterocycles. The molecule has 2 bridgehead atoms. The Morgan fingerprint density at radius 1 is 1.48 bits per heavy atom. The van der Waals surface area contributed by atoms with E-state index >= 15 is 0 Å². The van der Waals surface area contributed by atoms with E-state index in [0.29, 0.717) is 5.92 Å². The van der Waals surface area contributed by atoms with E-state index in [-0.39, 0.29) is 28.9 Å². The van der Waals surface area contributed by atoms with Gasteiger partial charge >= 0.3 is 6.09 Å². The molecule has 2 saturated carbocycles.